The first kappa shape index (κ1) is 20.8. The van der Waals surface area contributed by atoms with Crippen LogP contribution in [0.15, 0.2) is 82.6 Å². The predicted octanol–water partition coefficient (Wildman–Crippen LogP) is 3.16. The first-order valence-corrected chi connectivity index (χ1v) is 12.5. The van der Waals surface area contributed by atoms with Crippen LogP contribution in [0.2, 0.25) is 0 Å². The van der Waals surface area contributed by atoms with E-state index in [0.717, 1.165) is 0 Å². The Morgan fingerprint density at radius 3 is 1.80 bits per heavy atom. The van der Waals surface area contributed by atoms with Gasteiger partial charge < -0.3 is 4.74 Å². The van der Waals surface area contributed by atoms with Crippen molar-refractivity contribution in [2.75, 3.05) is 7.11 Å². The Morgan fingerprint density at radius 2 is 1.37 bits per heavy atom. The van der Waals surface area contributed by atoms with Crippen molar-refractivity contribution in [3.63, 3.8) is 0 Å². The van der Waals surface area contributed by atoms with Gasteiger partial charge in [0.2, 0.25) is 0 Å². The van der Waals surface area contributed by atoms with Crippen LogP contribution in [0, 0.1) is 11.3 Å². The number of hydrogen-bond donors (Lipinski definition) is 0. The fourth-order valence-corrected chi connectivity index (χ4v) is 10.1. The van der Waals surface area contributed by atoms with E-state index in [1.807, 2.05) is 0 Å². The van der Waals surface area contributed by atoms with Crippen LogP contribution in [0.4, 0.5) is 0 Å². The van der Waals surface area contributed by atoms with Gasteiger partial charge in [0.1, 0.15) is 0 Å². The molecule has 0 bridgehead atoms. The maximum absolute atomic E-state index is 13.8. The van der Waals surface area contributed by atoms with E-state index < -0.39 is 35.1 Å². The molecule has 4 rings (SSSR count). The number of esters is 1. The third-order valence-corrected chi connectivity index (χ3v) is 12.2. The van der Waals surface area contributed by atoms with Crippen molar-refractivity contribution in [1.29, 1.82) is 0 Å². The molecule has 0 aliphatic heterocycles. The van der Waals surface area contributed by atoms with Crippen LogP contribution in [-0.4, -0.2) is 34.0 Å². The molecule has 8 heteroatoms. The van der Waals surface area contributed by atoms with E-state index in [4.69, 9.17) is 4.74 Å². The van der Waals surface area contributed by atoms with Gasteiger partial charge in [-0.25, -0.2) is 21.6 Å². The Morgan fingerprint density at radius 1 is 0.900 bits per heavy atom. The number of sulfone groups is 2. The summed E-state index contributed by atoms with van der Waals surface area (Å²) in [5.74, 6) is -0.899. The third kappa shape index (κ3) is 2.70. The highest BCUT2D eigenvalue weighted by Crippen LogP contribution is 2.73. The smallest absolute Gasteiger partial charge is 0.333 e. The fraction of sp³-hybridized carbons (Fsp3) is 0.318. The van der Waals surface area contributed by atoms with Crippen molar-refractivity contribution >= 4 is 25.6 Å². The molecule has 30 heavy (non-hydrogen) atoms. The van der Waals surface area contributed by atoms with Crippen molar-refractivity contribution in [1.82, 2.24) is 0 Å². The summed E-state index contributed by atoms with van der Waals surface area (Å²) in [5.41, 5.74) is -0.736. The summed E-state index contributed by atoms with van der Waals surface area (Å²) >= 11 is 0. The SMILES string of the molecule is C=C(C(=O)OC)C12CC1CC(S(=O)(=O)c1ccccc1)(S(=O)(=O)c1ccccc1)C2. The Labute approximate surface area is 176 Å². The standard InChI is InChI=1S/C22H22O6S2/c1-16(20(23)28-2)21-13-17(21)14-22(15-21,29(24,25)18-9-5-3-6-10-18)30(26,27)19-11-7-4-8-12-19/h3-12,17H,1,13-15H2,2H3. The molecule has 0 aromatic heterocycles. The molecule has 2 fully saturated rings. The number of ether oxygens (including phenoxy) is 1. The lowest BCUT2D eigenvalue weighted by atomic mass is 9.94. The van der Waals surface area contributed by atoms with Crippen LogP contribution in [0.5, 0.6) is 0 Å². The number of benzene rings is 2. The van der Waals surface area contributed by atoms with Gasteiger partial charge >= 0.3 is 5.97 Å². The first-order chi connectivity index (χ1) is 14.1. The summed E-state index contributed by atoms with van der Waals surface area (Å²) in [6.45, 7) is 3.83. The molecule has 158 valence electrons. The van der Waals surface area contributed by atoms with Crippen LogP contribution in [0.3, 0.4) is 0 Å². The van der Waals surface area contributed by atoms with E-state index in [2.05, 4.69) is 6.58 Å². The highest BCUT2D eigenvalue weighted by Gasteiger charge is 2.75. The van der Waals surface area contributed by atoms with E-state index in [1.54, 1.807) is 36.4 Å². The van der Waals surface area contributed by atoms with E-state index >= 15 is 0 Å². The number of carbonyl (C=O) groups excluding carboxylic acids is 1. The maximum Gasteiger partial charge on any atom is 0.333 e. The van der Waals surface area contributed by atoms with Crippen LogP contribution >= 0.6 is 0 Å². The Bertz CT molecular complexity index is 1150. The molecule has 0 heterocycles. The highest BCUT2D eigenvalue weighted by molar-refractivity contribution is 8.10. The Balaban J connectivity index is 1.92. The van der Waals surface area contributed by atoms with E-state index in [0.29, 0.717) is 6.42 Å². The largest absolute Gasteiger partial charge is 0.466 e. The Hall–Kier alpha value is -2.45. The molecule has 0 saturated heterocycles. The quantitative estimate of drug-likeness (QED) is 0.500. The summed E-state index contributed by atoms with van der Waals surface area (Å²) in [6, 6.07) is 15.2. The molecule has 0 N–H and O–H groups in total. The first-order valence-electron chi connectivity index (χ1n) is 9.49. The molecule has 2 aromatic carbocycles. The molecule has 2 aliphatic rings. The molecule has 0 amide bonds. The number of rotatable bonds is 6. The van der Waals surface area contributed by atoms with Gasteiger partial charge in [-0.2, -0.15) is 0 Å². The van der Waals surface area contributed by atoms with Gasteiger partial charge in [-0.05, 0) is 49.4 Å². The second-order valence-corrected chi connectivity index (χ2v) is 12.7. The lowest BCUT2D eigenvalue weighted by molar-refractivity contribution is -0.136. The van der Waals surface area contributed by atoms with E-state index in [1.165, 1.54) is 31.4 Å². The van der Waals surface area contributed by atoms with Crippen LogP contribution in [-0.2, 0) is 29.2 Å². The predicted molar refractivity (Wildman–Crippen MR) is 111 cm³/mol. The summed E-state index contributed by atoms with van der Waals surface area (Å²) < 4.78 is 58.0. The number of carbonyl (C=O) groups is 1. The minimum Gasteiger partial charge on any atom is -0.466 e. The summed E-state index contributed by atoms with van der Waals surface area (Å²) in [7, 11) is -7.36. The summed E-state index contributed by atoms with van der Waals surface area (Å²) in [4.78, 5) is 12.1. The molecule has 2 atom stereocenters. The van der Waals surface area contributed by atoms with Gasteiger partial charge in [0.25, 0.3) is 0 Å². The summed E-state index contributed by atoms with van der Waals surface area (Å²) in [5, 5.41) is 0. The lowest BCUT2D eigenvalue weighted by Crippen LogP contribution is -2.46. The molecule has 0 spiro atoms. The molecular weight excluding hydrogens is 424 g/mol. The molecule has 0 radical (unpaired) electrons. The average molecular weight is 447 g/mol. The number of hydrogen-bond acceptors (Lipinski definition) is 6. The summed E-state index contributed by atoms with van der Waals surface area (Å²) in [6.07, 6.45) is 0.224. The third-order valence-electron chi connectivity index (χ3n) is 6.49. The monoisotopic (exact) mass is 446 g/mol. The van der Waals surface area contributed by atoms with Gasteiger partial charge in [0, 0.05) is 11.0 Å². The van der Waals surface area contributed by atoms with Crippen LogP contribution in [0.1, 0.15) is 19.3 Å². The van der Waals surface area contributed by atoms with Gasteiger partial charge in [0.05, 0.1) is 16.9 Å². The normalized spacial score (nSPS) is 24.6. The minimum atomic E-state index is -4.29. The number of methoxy groups -OCH3 is 1. The van der Waals surface area contributed by atoms with Crippen molar-refractivity contribution < 1.29 is 26.4 Å². The van der Waals surface area contributed by atoms with Crippen molar-refractivity contribution in [2.45, 2.75) is 33.1 Å². The molecular formula is C22H22O6S2. The zero-order chi connectivity index (χ0) is 21.8. The lowest BCUT2D eigenvalue weighted by Gasteiger charge is -2.32. The van der Waals surface area contributed by atoms with Gasteiger partial charge in [-0.1, -0.05) is 43.0 Å². The average Bonchev–Trinajstić information content (AvgIpc) is 3.34. The van der Waals surface area contributed by atoms with E-state index in [9.17, 15) is 21.6 Å². The van der Waals surface area contributed by atoms with Crippen molar-refractivity contribution in [3.05, 3.63) is 72.8 Å². The van der Waals surface area contributed by atoms with E-state index in [-0.39, 0.29) is 34.1 Å². The van der Waals surface area contributed by atoms with Crippen LogP contribution in [0.25, 0.3) is 0 Å². The fourth-order valence-electron chi connectivity index (χ4n) is 4.78. The molecule has 2 saturated carbocycles. The van der Waals surface area contributed by atoms with Crippen molar-refractivity contribution in [2.24, 2.45) is 11.3 Å². The zero-order valence-corrected chi connectivity index (χ0v) is 18.1. The maximum atomic E-state index is 13.8. The molecule has 2 aliphatic carbocycles. The van der Waals surface area contributed by atoms with Crippen LogP contribution < -0.4 is 0 Å². The number of fused-ring (bicyclic) bond motifs is 1. The highest BCUT2D eigenvalue weighted by atomic mass is 32.3. The minimum absolute atomic E-state index is 0.0513. The van der Waals surface area contributed by atoms with Crippen molar-refractivity contribution in [3.8, 4) is 0 Å². The van der Waals surface area contributed by atoms with Gasteiger partial charge in [-0.15, -0.1) is 0 Å². The zero-order valence-electron chi connectivity index (χ0n) is 16.4. The molecule has 2 aromatic rings. The van der Waals surface area contributed by atoms with Gasteiger partial charge in [0.15, 0.2) is 23.8 Å². The Kier molecular flexibility index (Phi) is 4.70. The van der Waals surface area contributed by atoms with Gasteiger partial charge in [-0.3, -0.25) is 0 Å². The molecule has 2 unspecified atom stereocenters. The second kappa shape index (κ2) is 6.78. The topological polar surface area (TPSA) is 94.6 Å². The second-order valence-electron chi connectivity index (χ2n) is 7.95. The molecule has 6 nitrogen and oxygen atoms in total.